The zero-order chi connectivity index (χ0) is 13.4. The molecule has 4 N–H and O–H groups in total. The van der Waals surface area contributed by atoms with Crippen molar-refractivity contribution >= 4 is 0 Å². The number of hydrogen-bond donors (Lipinski definition) is 3. The Morgan fingerprint density at radius 1 is 1.22 bits per heavy atom. The van der Waals surface area contributed by atoms with Crippen LogP contribution in [0.5, 0.6) is 0 Å². The van der Waals surface area contributed by atoms with Crippen LogP contribution in [0.25, 0.3) is 0 Å². The molecule has 0 saturated carbocycles. The number of nitrogens with one attached hydrogen (secondary N) is 1. The van der Waals surface area contributed by atoms with Crippen LogP contribution in [0.2, 0.25) is 0 Å². The van der Waals surface area contributed by atoms with Gasteiger partial charge in [0.1, 0.15) is 0 Å². The van der Waals surface area contributed by atoms with Crippen molar-refractivity contribution < 1.29 is 5.11 Å². The summed E-state index contributed by atoms with van der Waals surface area (Å²) in [7, 11) is 0. The molecule has 0 amide bonds. The number of aliphatic hydroxyl groups excluding tert-OH is 1. The molecule has 3 nitrogen and oxygen atoms in total. The summed E-state index contributed by atoms with van der Waals surface area (Å²) in [6, 6.07) is 10.4. The third-order valence-corrected chi connectivity index (χ3v) is 3.46. The smallest absolute Gasteiger partial charge is 0.0587 e. The first-order chi connectivity index (χ1) is 8.67. The molecular weight excluding hydrogens is 224 g/mol. The summed E-state index contributed by atoms with van der Waals surface area (Å²) in [6.07, 6.45) is 0.854. The Kier molecular flexibility index (Phi) is 6.94. The summed E-state index contributed by atoms with van der Waals surface area (Å²) in [5.74, 6) is 1.04. The number of nitrogens with two attached hydrogens (primary N) is 1. The van der Waals surface area contributed by atoms with Gasteiger partial charge in [0, 0.05) is 6.04 Å². The molecule has 0 saturated heterocycles. The Morgan fingerprint density at radius 3 is 2.39 bits per heavy atom. The van der Waals surface area contributed by atoms with Crippen molar-refractivity contribution in [2.24, 2.45) is 17.6 Å². The highest BCUT2D eigenvalue weighted by atomic mass is 16.3. The van der Waals surface area contributed by atoms with Crippen LogP contribution in [0.4, 0.5) is 0 Å². The van der Waals surface area contributed by atoms with E-state index in [0.717, 1.165) is 13.0 Å². The second-order valence-corrected chi connectivity index (χ2v) is 5.22. The Morgan fingerprint density at radius 2 is 1.89 bits per heavy atom. The average Bonchev–Trinajstić information content (AvgIpc) is 2.38. The molecule has 0 bridgehead atoms. The first kappa shape index (κ1) is 15.2. The molecule has 0 aliphatic heterocycles. The highest BCUT2D eigenvalue weighted by Crippen LogP contribution is 2.09. The Balaban J connectivity index is 2.42. The maximum absolute atomic E-state index is 9.42. The van der Waals surface area contributed by atoms with Crippen molar-refractivity contribution in [2.45, 2.75) is 26.3 Å². The first-order valence-electron chi connectivity index (χ1n) is 6.75. The van der Waals surface area contributed by atoms with Crippen molar-refractivity contribution in [3.8, 4) is 0 Å². The summed E-state index contributed by atoms with van der Waals surface area (Å²) < 4.78 is 0. The van der Waals surface area contributed by atoms with Gasteiger partial charge in [0.25, 0.3) is 0 Å². The fourth-order valence-corrected chi connectivity index (χ4v) is 2.01. The molecule has 1 aromatic carbocycles. The predicted octanol–water partition coefficient (Wildman–Crippen LogP) is 1.41. The summed E-state index contributed by atoms with van der Waals surface area (Å²) in [5.41, 5.74) is 7.00. The van der Waals surface area contributed by atoms with E-state index in [1.54, 1.807) is 0 Å². The summed E-state index contributed by atoms with van der Waals surface area (Å²) in [5, 5.41) is 12.8. The average molecular weight is 250 g/mol. The molecule has 0 aliphatic rings. The molecule has 1 rings (SSSR count). The van der Waals surface area contributed by atoms with Gasteiger partial charge >= 0.3 is 0 Å². The number of benzene rings is 1. The molecule has 0 aromatic heterocycles. The van der Waals surface area contributed by atoms with E-state index in [4.69, 9.17) is 5.73 Å². The molecule has 1 aromatic rings. The van der Waals surface area contributed by atoms with E-state index in [9.17, 15) is 5.11 Å². The summed E-state index contributed by atoms with van der Waals surface area (Å²) in [4.78, 5) is 0. The normalized spacial score (nSPS) is 14.7. The second-order valence-electron chi connectivity index (χ2n) is 5.22. The van der Waals surface area contributed by atoms with Crippen LogP contribution in [0.15, 0.2) is 30.3 Å². The highest BCUT2D eigenvalue weighted by Gasteiger charge is 2.14. The first-order valence-corrected chi connectivity index (χ1v) is 6.75. The molecule has 1 unspecified atom stereocenters. The van der Waals surface area contributed by atoms with Gasteiger partial charge in [-0.25, -0.2) is 0 Å². The zero-order valence-electron chi connectivity index (χ0n) is 11.5. The number of rotatable bonds is 8. The minimum Gasteiger partial charge on any atom is -0.395 e. The van der Waals surface area contributed by atoms with E-state index in [2.05, 4.69) is 31.3 Å². The second kappa shape index (κ2) is 8.25. The van der Waals surface area contributed by atoms with E-state index >= 15 is 0 Å². The van der Waals surface area contributed by atoms with Crippen molar-refractivity contribution in [2.75, 3.05) is 19.7 Å². The third kappa shape index (κ3) is 5.17. The van der Waals surface area contributed by atoms with Gasteiger partial charge in [-0.2, -0.15) is 0 Å². The maximum Gasteiger partial charge on any atom is 0.0587 e. The molecule has 0 radical (unpaired) electrons. The van der Waals surface area contributed by atoms with Crippen LogP contribution in [-0.2, 0) is 6.42 Å². The monoisotopic (exact) mass is 250 g/mol. The van der Waals surface area contributed by atoms with Crippen LogP contribution in [-0.4, -0.2) is 30.8 Å². The van der Waals surface area contributed by atoms with Gasteiger partial charge in [0.2, 0.25) is 0 Å². The molecule has 0 spiro atoms. The van der Waals surface area contributed by atoms with Crippen molar-refractivity contribution in [3.05, 3.63) is 35.9 Å². The molecule has 0 fully saturated rings. The van der Waals surface area contributed by atoms with Gasteiger partial charge in [-0.05, 0) is 36.9 Å². The van der Waals surface area contributed by atoms with E-state index in [1.165, 1.54) is 5.56 Å². The highest BCUT2D eigenvalue weighted by molar-refractivity contribution is 5.15. The number of aliphatic hydroxyl groups is 1. The quantitative estimate of drug-likeness (QED) is 0.654. The molecular formula is C15H26N2O. The Labute approximate surface area is 110 Å². The fraction of sp³-hybridized carbons (Fsp3) is 0.600. The predicted molar refractivity (Wildman–Crippen MR) is 76.4 cm³/mol. The van der Waals surface area contributed by atoms with Crippen molar-refractivity contribution in [1.29, 1.82) is 0 Å². The lowest BCUT2D eigenvalue weighted by Crippen LogP contribution is -2.40. The van der Waals surface area contributed by atoms with Crippen LogP contribution in [0.3, 0.4) is 0 Å². The van der Waals surface area contributed by atoms with Gasteiger partial charge in [-0.1, -0.05) is 44.2 Å². The minimum atomic E-state index is 0.111. The summed E-state index contributed by atoms with van der Waals surface area (Å²) in [6.45, 7) is 6.08. The third-order valence-electron chi connectivity index (χ3n) is 3.46. The van der Waals surface area contributed by atoms with E-state index in [-0.39, 0.29) is 12.6 Å². The van der Waals surface area contributed by atoms with Crippen molar-refractivity contribution in [3.63, 3.8) is 0 Å². The van der Waals surface area contributed by atoms with Gasteiger partial charge < -0.3 is 16.2 Å². The van der Waals surface area contributed by atoms with E-state index < -0.39 is 0 Å². The molecule has 18 heavy (non-hydrogen) atoms. The topological polar surface area (TPSA) is 58.3 Å². The van der Waals surface area contributed by atoms with Gasteiger partial charge in [0.15, 0.2) is 0 Å². The number of hydrogen-bond acceptors (Lipinski definition) is 3. The lowest BCUT2D eigenvalue weighted by Gasteiger charge is -2.23. The minimum absolute atomic E-state index is 0.111. The van der Waals surface area contributed by atoms with Crippen molar-refractivity contribution in [1.82, 2.24) is 5.32 Å². The zero-order valence-corrected chi connectivity index (χ0v) is 11.5. The van der Waals surface area contributed by atoms with Gasteiger partial charge in [0.05, 0.1) is 6.61 Å². The van der Waals surface area contributed by atoms with Crippen LogP contribution < -0.4 is 11.1 Å². The maximum atomic E-state index is 9.42. The van der Waals surface area contributed by atoms with Gasteiger partial charge in [-0.3, -0.25) is 0 Å². The largest absolute Gasteiger partial charge is 0.395 e. The van der Waals surface area contributed by atoms with Gasteiger partial charge in [-0.15, -0.1) is 0 Å². The molecule has 0 aliphatic carbocycles. The SMILES string of the molecule is CC(C)C(CN)CN[C@H](CO)Cc1ccccc1. The van der Waals surface area contributed by atoms with Crippen LogP contribution in [0, 0.1) is 11.8 Å². The fourth-order valence-electron chi connectivity index (χ4n) is 2.01. The van der Waals surface area contributed by atoms with E-state index in [1.807, 2.05) is 18.2 Å². The Hall–Kier alpha value is -0.900. The van der Waals surface area contributed by atoms with Crippen LogP contribution in [0.1, 0.15) is 19.4 Å². The lowest BCUT2D eigenvalue weighted by molar-refractivity contribution is 0.230. The van der Waals surface area contributed by atoms with Crippen LogP contribution >= 0.6 is 0 Å². The molecule has 2 atom stereocenters. The summed E-state index contributed by atoms with van der Waals surface area (Å²) >= 11 is 0. The Bertz CT molecular complexity index is 314. The lowest BCUT2D eigenvalue weighted by atomic mass is 9.95. The molecule has 3 heteroatoms. The molecule has 102 valence electrons. The standard InChI is InChI=1S/C15H26N2O/c1-12(2)14(9-16)10-17-15(11-18)8-13-6-4-3-5-7-13/h3-7,12,14-15,17-18H,8-11,16H2,1-2H3/t14?,15-/m0/s1. The molecule has 0 heterocycles. The van der Waals surface area contributed by atoms with E-state index in [0.29, 0.717) is 18.4 Å².